The maximum Gasteiger partial charge on any atom is 0.121 e. The fourth-order valence-electron chi connectivity index (χ4n) is 2.03. The fraction of sp³-hybridized carbons (Fsp3) is 0.625. The van der Waals surface area contributed by atoms with E-state index >= 15 is 0 Å². The minimum atomic E-state index is 0.750. The molecule has 0 aliphatic carbocycles. The van der Waals surface area contributed by atoms with Crippen LogP contribution in [0, 0.1) is 5.92 Å². The largest absolute Gasteiger partial charge is 0.493 e. The number of nitrogens with two attached hydrogens (primary N) is 1. The van der Waals surface area contributed by atoms with Crippen LogP contribution in [0.1, 0.15) is 33.6 Å². The smallest absolute Gasteiger partial charge is 0.121 e. The molecule has 1 aromatic carbocycles. The minimum absolute atomic E-state index is 0.750. The molecule has 0 radical (unpaired) electrons. The third-order valence-electron chi connectivity index (χ3n) is 3.46. The zero-order valence-corrected chi connectivity index (χ0v) is 12.6. The van der Waals surface area contributed by atoms with Crippen LogP contribution in [0.3, 0.4) is 0 Å². The predicted molar refractivity (Wildman–Crippen MR) is 82.5 cm³/mol. The van der Waals surface area contributed by atoms with Gasteiger partial charge in [-0.05, 0) is 31.0 Å². The molecule has 0 saturated carbocycles. The Morgan fingerprint density at radius 3 is 2.74 bits per heavy atom. The van der Waals surface area contributed by atoms with E-state index in [9.17, 15) is 0 Å². The molecule has 1 unspecified atom stereocenters. The van der Waals surface area contributed by atoms with Crippen molar-refractivity contribution in [2.45, 2.75) is 33.6 Å². The standard InChI is InChI=1S/C16H28N2O/c1-4-14(3)13-18(5-2)10-7-11-19-16-9-6-8-15(17)12-16/h6,8-9,12,14H,4-5,7,10-11,13,17H2,1-3H3. The van der Waals surface area contributed by atoms with Crippen molar-refractivity contribution in [2.24, 2.45) is 5.92 Å². The van der Waals surface area contributed by atoms with Crippen LogP contribution in [-0.2, 0) is 0 Å². The molecule has 0 aliphatic rings. The number of hydrogen-bond donors (Lipinski definition) is 1. The summed E-state index contributed by atoms with van der Waals surface area (Å²) in [5, 5.41) is 0. The van der Waals surface area contributed by atoms with Gasteiger partial charge in [0.1, 0.15) is 5.75 Å². The highest BCUT2D eigenvalue weighted by Gasteiger charge is 2.06. The van der Waals surface area contributed by atoms with E-state index in [-0.39, 0.29) is 0 Å². The lowest BCUT2D eigenvalue weighted by Crippen LogP contribution is -2.30. The van der Waals surface area contributed by atoms with Crippen molar-refractivity contribution in [2.75, 3.05) is 32.0 Å². The molecule has 2 N–H and O–H groups in total. The van der Waals surface area contributed by atoms with E-state index in [1.165, 1.54) is 13.0 Å². The van der Waals surface area contributed by atoms with Crippen molar-refractivity contribution in [1.29, 1.82) is 0 Å². The Hall–Kier alpha value is -1.22. The summed E-state index contributed by atoms with van der Waals surface area (Å²) in [6.07, 6.45) is 2.30. The lowest BCUT2D eigenvalue weighted by Gasteiger charge is -2.23. The summed E-state index contributed by atoms with van der Waals surface area (Å²) in [7, 11) is 0. The van der Waals surface area contributed by atoms with Gasteiger partial charge in [0.05, 0.1) is 6.61 Å². The first-order chi connectivity index (χ1) is 9.15. The Balaban J connectivity index is 2.22. The number of rotatable bonds is 9. The fourth-order valence-corrected chi connectivity index (χ4v) is 2.03. The second kappa shape index (κ2) is 8.81. The van der Waals surface area contributed by atoms with Gasteiger partial charge in [-0.25, -0.2) is 0 Å². The third kappa shape index (κ3) is 6.48. The highest BCUT2D eigenvalue weighted by Crippen LogP contribution is 2.14. The number of nitrogens with zero attached hydrogens (tertiary/aromatic N) is 1. The number of hydrogen-bond acceptors (Lipinski definition) is 3. The Morgan fingerprint density at radius 1 is 1.32 bits per heavy atom. The quantitative estimate of drug-likeness (QED) is 0.549. The minimum Gasteiger partial charge on any atom is -0.493 e. The monoisotopic (exact) mass is 264 g/mol. The molecule has 1 rings (SSSR count). The van der Waals surface area contributed by atoms with Gasteiger partial charge in [-0.2, -0.15) is 0 Å². The van der Waals surface area contributed by atoms with Crippen molar-refractivity contribution in [3.8, 4) is 5.75 Å². The van der Waals surface area contributed by atoms with Crippen LogP contribution >= 0.6 is 0 Å². The molecule has 0 heterocycles. The summed E-state index contributed by atoms with van der Waals surface area (Å²) in [5.41, 5.74) is 6.47. The Bertz CT molecular complexity index is 354. The predicted octanol–water partition coefficient (Wildman–Crippen LogP) is 3.41. The van der Waals surface area contributed by atoms with Gasteiger partial charge in [0, 0.05) is 24.8 Å². The van der Waals surface area contributed by atoms with Crippen LogP contribution in [0.4, 0.5) is 5.69 Å². The highest BCUT2D eigenvalue weighted by molar-refractivity contribution is 5.43. The average molecular weight is 264 g/mol. The molecule has 1 aromatic rings. The van der Waals surface area contributed by atoms with Crippen molar-refractivity contribution in [3.63, 3.8) is 0 Å². The van der Waals surface area contributed by atoms with Crippen LogP contribution in [0.2, 0.25) is 0 Å². The first-order valence-electron chi connectivity index (χ1n) is 7.36. The highest BCUT2D eigenvalue weighted by atomic mass is 16.5. The topological polar surface area (TPSA) is 38.5 Å². The van der Waals surface area contributed by atoms with Crippen molar-refractivity contribution in [3.05, 3.63) is 24.3 Å². The summed E-state index contributed by atoms with van der Waals surface area (Å²) in [6.45, 7) is 10.9. The summed E-state index contributed by atoms with van der Waals surface area (Å²) in [5.74, 6) is 1.64. The van der Waals surface area contributed by atoms with Crippen molar-refractivity contribution >= 4 is 5.69 Å². The van der Waals surface area contributed by atoms with Crippen molar-refractivity contribution in [1.82, 2.24) is 4.90 Å². The van der Waals surface area contributed by atoms with E-state index < -0.39 is 0 Å². The van der Waals surface area contributed by atoms with Gasteiger partial charge in [0.15, 0.2) is 0 Å². The lowest BCUT2D eigenvalue weighted by atomic mass is 10.1. The van der Waals surface area contributed by atoms with Crippen LogP contribution in [0.15, 0.2) is 24.3 Å². The zero-order valence-electron chi connectivity index (χ0n) is 12.6. The van der Waals surface area contributed by atoms with E-state index in [1.807, 2.05) is 24.3 Å². The molecule has 3 heteroatoms. The van der Waals surface area contributed by atoms with Gasteiger partial charge >= 0.3 is 0 Å². The normalized spacial score (nSPS) is 12.6. The molecule has 0 saturated heterocycles. The summed E-state index contributed by atoms with van der Waals surface area (Å²) in [4.78, 5) is 2.50. The second-order valence-electron chi connectivity index (χ2n) is 5.18. The van der Waals surface area contributed by atoms with Gasteiger partial charge in [-0.15, -0.1) is 0 Å². The molecule has 1 atom stereocenters. The van der Waals surface area contributed by atoms with Gasteiger partial charge in [-0.3, -0.25) is 0 Å². The molecule has 0 fully saturated rings. The maximum absolute atomic E-state index is 5.71. The van der Waals surface area contributed by atoms with Crippen LogP contribution in [-0.4, -0.2) is 31.1 Å². The van der Waals surface area contributed by atoms with E-state index in [0.717, 1.165) is 43.5 Å². The molecular formula is C16H28N2O. The van der Waals surface area contributed by atoms with Crippen LogP contribution < -0.4 is 10.5 Å². The molecular weight excluding hydrogens is 236 g/mol. The van der Waals surface area contributed by atoms with E-state index in [2.05, 4.69) is 25.7 Å². The summed E-state index contributed by atoms with van der Waals surface area (Å²) in [6, 6.07) is 7.62. The van der Waals surface area contributed by atoms with Crippen LogP contribution in [0.25, 0.3) is 0 Å². The van der Waals surface area contributed by atoms with Crippen LogP contribution in [0.5, 0.6) is 5.75 Å². The van der Waals surface area contributed by atoms with Gasteiger partial charge < -0.3 is 15.4 Å². The molecule has 3 nitrogen and oxygen atoms in total. The van der Waals surface area contributed by atoms with E-state index in [1.54, 1.807) is 0 Å². The number of nitrogen functional groups attached to an aromatic ring is 1. The number of anilines is 1. The first-order valence-corrected chi connectivity index (χ1v) is 7.36. The molecule has 0 spiro atoms. The number of ether oxygens (including phenoxy) is 1. The molecule has 0 bridgehead atoms. The molecule has 0 aliphatic heterocycles. The van der Waals surface area contributed by atoms with E-state index in [4.69, 9.17) is 10.5 Å². The SMILES string of the molecule is CCC(C)CN(CC)CCCOc1cccc(N)c1. The molecule has 108 valence electrons. The zero-order chi connectivity index (χ0) is 14.1. The number of benzene rings is 1. The van der Waals surface area contributed by atoms with Gasteiger partial charge in [0.2, 0.25) is 0 Å². The summed E-state index contributed by atoms with van der Waals surface area (Å²) >= 11 is 0. The van der Waals surface area contributed by atoms with E-state index in [0.29, 0.717) is 0 Å². The average Bonchev–Trinajstić information content (AvgIpc) is 2.42. The molecule has 0 amide bonds. The first kappa shape index (κ1) is 15.8. The molecule has 0 aromatic heterocycles. The Morgan fingerprint density at radius 2 is 2.11 bits per heavy atom. The second-order valence-corrected chi connectivity index (χ2v) is 5.18. The maximum atomic E-state index is 5.71. The molecule has 19 heavy (non-hydrogen) atoms. The summed E-state index contributed by atoms with van der Waals surface area (Å²) < 4.78 is 5.71. The Labute approximate surface area is 117 Å². The van der Waals surface area contributed by atoms with Gasteiger partial charge in [0.25, 0.3) is 0 Å². The third-order valence-corrected chi connectivity index (χ3v) is 3.46. The Kier molecular flexibility index (Phi) is 7.34. The van der Waals surface area contributed by atoms with Crippen molar-refractivity contribution < 1.29 is 4.74 Å². The van der Waals surface area contributed by atoms with Gasteiger partial charge in [-0.1, -0.05) is 33.3 Å². The lowest BCUT2D eigenvalue weighted by molar-refractivity contribution is 0.217.